The molecule has 7 nitrogen and oxygen atoms in total. The second kappa shape index (κ2) is 5.52. The Morgan fingerprint density at radius 1 is 1.39 bits per heavy atom. The van der Waals surface area contributed by atoms with Gasteiger partial charge in [-0.2, -0.15) is 0 Å². The number of aryl methyl sites for hydroxylation is 1. The highest BCUT2D eigenvalue weighted by Crippen LogP contribution is 1.96. The Labute approximate surface area is 104 Å². The van der Waals surface area contributed by atoms with Crippen LogP contribution in [0.5, 0.6) is 0 Å². The van der Waals surface area contributed by atoms with Crippen molar-refractivity contribution in [1.82, 2.24) is 14.0 Å². The van der Waals surface area contributed by atoms with Gasteiger partial charge >= 0.3 is 5.69 Å². The van der Waals surface area contributed by atoms with E-state index in [1.54, 1.807) is 14.1 Å². The number of amides is 1. The Morgan fingerprint density at radius 3 is 2.56 bits per heavy atom. The zero-order chi connectivity index (χ0) is 13.9. The van der Waals surface area contributed by atoms with Gasteiger partial charge in [-0.3, -0.25) is 14.2 Å². The molecule has 0 aliphatic carbocycles. The number of carbonyl (C=O) groups excluding carboxylic acids is 1. The fraction of sp³-hybridized carbons (Fsp3) is 0.545. The first-order chi connectivity index (χ1) is 8.34. The number of anilines is 1. The van der Waals surface area contributed by atoms with Crippen molar-refractivity contribution in [3.8, 4) is 0 Å². The van der Waals surface area contributed by atoms with Gasteiger partial charge in [0, 0.05) is 40.3 Å². The molecule has 0 aliphatic rings. The maximum absolute atomic E-state index is 11.7. The number of nitrogen functional groups attached to an aromatic ring is 1. The predicted molar refractivity (Wildman–Crippen MR) is 68.3 cm³/mol. The van der Waals surface area contributed by atoms with Gasteiger partial charge in [0.25, 0.3) is 5.56 Å². The number of carbonyl (C=O) groups is 1. The summed E-state index contributed by atoms with van der Waals surface area (Å²) in [6.07, 6.45) is 2.01. The van der Waals surface area contributed by atoms with Crippen LogP contribution in [0.15, 0.2) is 15.8 Å². The van der Waals surface area contributed by atoms with Gasteiger partial charge in [-0.1, -0.05) is 0 Å². The molecule has 0 radical (unpaired) electrons. The molecule has 0 fully saturated rings. The fourth-order valence-electron chi connectivity index (χ4n) is 1.56. The van der Waals surface area contributed by atoms with Gasteiger partial charge in [-0.25, -0.2) is 4.79 Å². The van der Waals surface area contributed by atoms with Crippen molar-refractivity contribution in [2.45, 2.75) is 19.4 Å². The molecule has 100 valence electrons. The van der Waals surface area contributed by atoms with E-state index in [2.05, 4.69) is 0 Å². The van der Waals surface area contributed by atoms with Crippen LogP contribution in [-0.2, 0) is 18.4 Å². The smallest absolute Gasteiger partial charge is 0.330 e. The number of aromatic nitrogens is 2. The Bertz CT molecular complexity index is 522. The van der Waals surface area contributed by atoms with Crippen LogP contribution < -0.4 is 17.0 Å². The van der Waals surface area contributed by atoms with Crippen molar-refractivity contribution in [2.75, 3.05) is 19.8 Å². The minimum atomic E-state index is -0.504. The van der Waals surface area contributed by atoms with Gasteiger partial charge < -0.3 is 15.2 Å². The van der Waals surface area contributed by atoms with Crippen LogP contribution in [-0.4, -0.2) is 34.0 Å². The zero-order valence-electron chi connectivity index (χ0n) is 10.8. The summed E-state index contributed by atoms with van der Waals surface area (Å²) >= 11 is 0. The van der Waals surface area contributed by atoms with E-state index in [0.717, 1.165) is 4.57 Å². The molecule has 1 amide bonds. The van der Waals surface area contributed by atoms with Crippen LogP contribution in [0.2, 0.25) is 0 Å². The van der Waals surface area contributed by atoms with Gasteiger partial charge in [0.1, 0.15) is 5.69 Å². The number of nitrogens with zero attached hydrogens (tertiary/aromatic N) is 3. The van der Waals surface area contributed by atoms with E-state index in [9.17, 15) is 14.4 Å². The van der Waals surface area contributed by atoms with Gasteiger partial charge in [0.15, 0.2) is 0 Å². The Morgan fingerprint density at radius 2 is 2.00 bits per heavy atom. The third-order valence-electron chi connectivity index (χ3n) is 2.63. The predicted octanol–water partition coefficient (Wildman–Crippen LogP) is -1.00. The molecule has 1 aromatic heterocycles. The lowest BCUT2D eigenvalue weighted by Gasteiger charge is -2.11. The molecule has 1 rings (SSSR count). The Balaban J connectivity index is 2.83. The van der Waals surface area contributed by atoms with Gasteiger partial charge in [-0.05, 0) is 6.42 Å². The molecule has 0 bridgehead atoms. The van der Waals surface area contributed by atoms with E-state index in [4.69, 9.17) is 5.73 Å². The third kappa shape index (κ3) is 2.99. The summed E-state index contributed by atoms with van der Waals surface area (Å²) in [7, 11) is 4.85. The number of nitrogens with two attached hydrogens (primary N) is 1. The Hall–Kier alpha value is -2.05. The molecule has 2 N–H and O–H groups in total. The van der Waals surface area contributed by atoms with Crippen LogP contribution in [0, 0.1) is 0 Å². The molecule has 0 saturated heterocycles. The average Bonchev–Trinajstić information content (AvgIpc) is 2.30. The highest BCUT2D eigenvalue weighted by molar-refractivity contribution is 5.75. The quantitative estimate of drug-likeness (QED) is 0.746. The summed E-state index contributed by atoms with van der Waals surface area (Å²) in [5.74, 6) is -0.0382. The minimum Gasteiger partial charge on any atom is -0.393 e. The molecule has 18 heavy (non-hydrogen) atoms. The first kappa shape index (κ1) is 14.0. The first-order valence-corrected chi connectivity index (χ1v) is 5.60. The lowest BCUT2D eigenvalue weighted by Crippen LogP contribution is -2.40. The van der Waals surface area contributed by atoms with Crippen LogP contribution >= 0.6 is 0 Å². The fourth-order valence-corrected chi connectivity index (χ4v) is 1.56. The van der Waals surface area contributed by atoms with Crippen molar-refractivity contribution < 1.29 is 4.79 Å². The summed E-state index contributed by atoms with van der Waals surface area (Å²) in [6.45, 7) is 0.191. The minimum absolute atomic E-state index is 0.0241. The van der Waals surface area contributed by atoms with Crippen LogP contribution in [0.1, 0.15) is 12.8 Å². The van der Waals surface area contributed by atoms with Crippen molar-refractivity contribution in [3.63, 3.8) is 0 Å². The lowest BCUT2D eigenvalue weighted by molar-refractivity contribution is -0.128. The van der Waals surface area contributed by atoms with Crippen molar-refractivity contribution >= 4 is 11.6 Å². The SMILES string of the molecule is CN(C)C(=O)CCCn1c(=O)c(N)cn(C)c1=O. The normalized spacial score (nSPS) is 10.4. The Kier molecular flexibility index (Phi) is 4.30. The monoisotopic (exact) mass is 254 g/mol. The average molecular weight is 254 g/mol. The summed E-state index contributed by atoms with van der Waals surface area (Å²) in [4.78, 5) is 36.2. The van der Waals surface area contributed by atoms with Crippen LogP contribution in [0.25, 0.3) is 0 Å². The second-order valence-corrected chi connectivity index (χ2v) is 4.33. The van der Waals surface area contributed by atoms with Gasteiger partial charge in [0.05, 0.1) is 0 Å². The van der Waals surface area contributed by atoms with Crippen molar-refractivity contribution in [1.29, 1.82) is 0 Å². The van der Waals surface area contributed by atoms with Crippen molar-refractivity contribution in [2.24, 2.45) is 7.05 Å². The van der Waals surface area contributed by atoms with E-state index in [1.165, 1.54) is 22.7 Å². The van der Waals surface area contributed by atoms with Crippen LogP contribution in [0.4, 0.5) is 5.69 Å². The third-order valence-corrected chi connectivity index (χ3v) is 2.63. The summed E-state index contributed by atoms with van der Waals surface area (Å²) in [5, 5.41) is 0. The van der Waals surface area contributed by atoms with Crippen LogP contribution in [0.3, 0.4) is 0 Å². The molecule has 7 heteroatoms. The topological polar surface area (TPSA) is 90.3 Å². The van der Waals surface area contributed by atoms with E-state index in [1.807, 2.05) is 0 Å². The van der Waals surface area contributed by atoms with E-state index >= 15 is 0 Å². The number of hydrogen-bond donors (Lipinski definition) is 1. The number of hydrogen-bond acceptors (Lipinski definition) is 4. The second-order valence-electron chi connectivity index (χ2n) is 4.33. The van der Waals surface area contributed by atoms with E-state index in [0.29, 0.717) is 6.42 Å². The molecular formula is C11H18N4O3. The van der Waals surface area contributed by atoms with E-state index in [-0.39, 0.29) is 24.6 Å². The number of rotatable bonds is 4. The maximum atomic E-state index is 11.7. The summed E-state index contributed by atoms with van der Waals surface area (Å²) < 4.78 is 2.31. The molecule has 1 heterocycles. The van der Waals surface area contributed by atoms with Gasteiger partial charge in [-0.15, -0.1) is 0 Å². The standard InChI is InChI=1S/C11H18N4O3/c1-13(2)9(16)5-4-6-15-10(17)8(12)7-14(3)11(15)18/h7H,4-6,12H2,1-3H3. The zero-order valence-corrected chi connectivity index (χ0v) is 10.8. The molecular weight excluding hydrogens is 236 g/mol. The van der Waals surface area contributed by atoms with Crippen molar-refractivity contribution in [3.05, 3.63) is 27.0 Å². The first-order valence-electron chi connectivity index (χ1n) is 5.60. The largest absolute Gasteiger partial charge is 0.393 e. The lowest BCUT2D eigenvalue weighted by atomic mass is 10.3. The molecule has 0 atom stereocenters. The maximum Gasteiger partial charge on any atom is 0.330 e. The molecule has 1 aromatic rings. The highest BCUT2D eigenvalue weighted by Gasteiger charge is 2.09. The highest BCUT2D eigenvalue weighted by atomic mass is 16.2. The molecule has 0 aromatic carbocycles. The molecule has 0 spiro atoms. The molecule has 0 aliphatic heterocycles. The molecule has 0 saturated carbocycles. The molecule has 0 unspecified atom stereocenters. The summed E-state index contributed by atoms with van der Waals surface area (Å²) in [5.41, 5.74) is 4.60. The van der Waals surface area contributed by atoms with E-state index < -0.39 is 11.2 Å². The summed E-state index contributed by atoms with van der Waals surface area (Å²) in [6, 6.07) is 0. The van der Waals surface area contributed by atoms with Gasteiger partial charge in [0.2, 0.25) is 5.91 Å².